The first kappa shape index (κ1) is 19.7. The van der Waals surface area contributed by atoms with E-state index in [0.717, 1.165) is 13.1 Å². The van der Waals surface area contributed by atoms with Crippen LogP contribution in [-0.4, -0.2) is 61.5 Å². The standard InChI is InChI=1S/C21H32N4O2/c1-15(2)22-21(27)19-13-17(14-24(19)3)23-20(26)16-7-9-18(10-8-16)25-11-5-4-6-12-25/h7-10,15,17,19H,4-6,11-14H2,1-3H3,(H,22,27)(H,23,26)/t17-,19+/m1/s1. The van der Waals surface area contributed by atoms with Crippen LogP contribution in [0, 0.1) is 0 Å². The largest absolute Gasteiger partial charge is 0.372 e. The van der Waals surface area contributed by atoms with Gasteiger partial charge in [0.25, 0.3) is 5.91 Å². The Bertz CT molecular complexity index is 653. The predicted octanol–water partition coefficient (Wildman–Crippen LogP) is 2.00. The third-order valence-corrected chi connectivity index (χ3v) is 5.47. The highest BCUT2D eigenvalue weighted by atomic mass is 16.2. The maximum atomic E-state index is 12.6. The second-order valence-electron chi connectivity index (χ2n) is 8.12. The number of likely N-dealkylation sites (tertiary alicyclic amines) is 1. The lowest BCUT2D eigenvalue weighted by Crippen LogP contribution is -2.43. The van der Waals surface area contributed by atoms with Crippen molar-refractivity contribution >= 4 is 17.5 Å². The van der Waals surface area contributed by atoms with Gasteiger partial charge in [0.05, 0.1) is 6.04 Å². The van der Waals surface area contributed by atoms with Gasteiger partial charge in [0.1, 0.15) is 0 Å². The summed E-state index contributed by atoms with van der Waals surface area (Å²) in [6.45, 7) is 6.80. The molecule has 0 bridgehead atoms. The number of nitrogens with one attached hydrogen (secondary N) is 2. The number of nitrogens with zero attached hydrogens (tertiary/aromatic N) is 2. The SMILES string of the molecule is CC(C)NC(=O)[C@@H]1C[C@@H](NC(=O)c2ccc(N3CCCCC3)cc2)CN1C. The highest BCUT2D eigenvalue weighted by Gasteiger charge is 2.35. The molecule has 27 heavy (non-hydrogen) atoms. The summed E-state index contributed by atoms with van der Waals surface area (Å²) in [4.78, 5) is 29.3. The number of anilines is 1. The van der Waals surface area contributed by atoms with Crippen LogP contribution in [0.4, 0.5) is 5.69 Å². The van der Waals surface area contributed by atoms with Gasteiger partial charge >= 0.3 is 0 Å². The molecule has 0 spiro atoms. The molecule has 2 fully saturated rings. The summed E-state index contributed by atoms with van der Waals surface area (Å²) >= 11 is 0. The van der Waals surface area contributed by atoms with Crippen molar-refractivity contribution in [2.75, 3.05) is 31.6 Å². The van der Waals surface area contributed by atoms with Crippen LogP contribution in [0.1, 0.15) is 49.9 Å². The molecule has 2 aliphatic heterocycles. The van der Waals surface area contributed by atoms with E-state index >= 15 is 0 Å². The van der Waals surface area contributed by atoms with E-state index in [1.165, 1.54) is 24.9 Å². The Kier molecular flexibility index (Phi) is 6.37. The minimum absolute atomic E-state index is 0.00724. The molecule has 0 aromatic heterocycles. The molecule has 2 amide bonds. The molecule has 6 heteroatoms. The number of amides is 2. The molecule has 0 saturated carbocycles. The van der Waals surface area contributed by atoms with Crippen LogP contribution < -0.4 is 15.5 Å². The van der Waals surface area contributed by atoms with Gasteiger partial charge in [-0.25, -0.2) is 0 Å². The Morgan fingerprint density at radius 1 is 1.07 bits per heavy atom. The van der Waals surface area contributed by atoms with E-state index in [1.54, 1.807) is 0 Å². The van der Waals surface area contributed by atoms with Crippen LogP contribution in [0.2, 0.25) is 0 Å². The lowest BCUT2D eigenvalue weighted by Gasteiger charge is -2.28. The molecule has 0 unspecified atom stereocenters. The van der Waals surface area contributed by atoms with Crippen LogP contribution >= 0.6 is 0 Å². The zero-order chi connectivity index (χ0) is 19.4. The average Bonchev–Trinajstić information content (AvgIpc) is 3.02. The van der Waals surface area contributed by atoms with Gasteiger partial charge in [-0.2, -0.15) is 0 Å². The molecular formula is C21H32N4O2. The third kappa shape index (κ3) is 5.01. The van der Waals surface area contributed by atoms with E-state index in [4.69, 9.17) is 0 Å². The summed E-state index contributed by atoms with van der Waals surface area (Å²) in [6.07, 6.45) is 4.43. The van der Waals surface area contributed by atoms with Gasteiger partial charge in [-0.1, -0.05) is 0 Å². The Balaban J connectivity index is 1.55. The van der Waals surface area contributed by atoms with Crippen molar-refractivity contribution in [2.45, 2.75) is 57.7 Å². The summed E-state index contributed by atoms with van der Waals surface area (Å²) in [5, 5.41) is 6.05. The quantitative estimate of drug-likeness (QED) is 0.830. The van der Waals surface area contributed by atoms with Crippen molar-refractivity contribution in [2.24, 2.45) is 0 Å². The fourth-order valence-corrected chi connectivity index (χ4v) is 4.04. The summed E-state index contributed by atoms with van der Waals surface area (Å²) in [5.74, 6) is -0.0290. The van der Waals surface area contributed by atoms with E-state index in [1.807, 2.05) is 50.1 Å². The third-order valence-electron chi connectivity index (χ3n) is 5.47. The van der Waals surface area contributed by atoms with E-state index in [9.17, 15) is 9.59 Å². The normalized spacial score (nSPS) is 23.5. The molecule has 2 aliphatic rings. The summed E-state index contributed by atoms with van der Waals surface area (Å²) < 4.78 is 0. The molecule has 6 nitrogen and oxygen atoms in total. The van der Waals surface area contributed by atoms with Crippen molar-refractivity contribution in [3.8, 4) is 0 Å². The Morgan fingerprint density at radius 3 is 2.37 bits per heavy atom. The Labute approximate surface area is 162 Å². The maximum Gasteiger partial charge on any atom is 0.251 e. The van der Waals surface area contributed by atoms with Gasteiger partial charge in [-0.3, -0.25) is 14.5 Å². The van der Waals surface area contributed by atoms with Crippen molar-refractivity contribution < 1.29 is 9.59 Å². The number of hydrogen-bond donors (Lipinski definition) is 2. The summed E-state index contributed by atoms with van der Waals surface area (Å²) in [5.41, 5.74) is 1.87. The van der Waals surface area contributed by atoms with Crippen molar-refractivity contribution in [1.29, 1.82) is 0 Å². The lowest BCUT2D eigenvalue weighted by molar-refractivity contribution is -0.125. The lowest BCUT2D eigenvalue weighted by atomic mass is 10.1. The minimum atomic E-state index is -0.181. The monoisotopic (exact) mass is 372 g/mol. The molecule has 2 N–H and O–H groups in total. The van der Waals surface area contributed by atoms with Crippen molar-refractivity contribution in [3.05, 3.63) is 29.8 Å². The van der Waals surface area contributed by atoms with Crippen LogP contribution in [0.15, 0.2) is 24.3 Å². The topological polar surface area (TPSA) is 64.7 Å². The van der Waals surface area contributed by atoms with Crippen LogP contribution in [0.3, 0.4) is 0 Å². The number of piperidine rings is 1. The second-order valence-corrected chi connectivity index (χ2v) is 8.12. The fraction of sp³-hybridized carbons (Fsp3) is 0.619. The number of rotatable bonds is 5. The number of benzene rings is 1. The number of likely N-dealkylation sites (N-methyl/N-ethyl adjacent to an activating group) is 1. The van der Waals surface area contributed by atoms with Gasteiger partial charge in [-0.05, 0) is 70.8 Å². The van der Waals surface area contributed by atoms with E-state index in [2.05, 4.69) is 15.5 Å². The zero-order valence-electron chi connectivity index (χ0n) is 16.7. The van der Waals surface area contributed by atoms with Crippen LogP contribution in [-0.2, 0) is 4.79 Å². The zero-order valence-corrected chi connectivity index (χ0v) is 16.7. The highest BCUT2D eigenvalue weighted by molar-refractivity contribution is 5.95. The number of hydrogen-bond acceptors (Lipinski definition) is 4. The molecule has 2 heterocycles. The number of carbonyl (C=O) groups is 2. The summed E-state index contributed by atoms with van der Waals surface area (Å²) in [7, 11) is 1.93. The fourth-order valence-electron chi connectivity index (χ4n) is 4.04. The maximum absolute atomic E-state index is 12.6. The van der Waals surface area contributed by atoms with Gasteiger partial charge in [0, 0.05) is 43.0 Å². The van der Waals surface area contributed by atoms with Gasteiger partial charge in [0.2, 0.25) is 5.91 Å². The molecule has 0 aliphatic carbocycles. The molecule has 2 saturated heterocycles. The van der Waals surface area contributed by atoms with E-state index in [0.29, 0.717) is 18.5 Å². The van der Waals surface area contributed by atoms with Crippen LogP contribution in [0.5, 0.6) is 0 Å². The molecule has 1 aromatic rings. The first-order chi connectivity index (χ1) is 12.9. The van der Waals surface area contributed by atoms with Gasteiger partial charge < -0.3 is 15.5 Å². The molecular weight excluding hydrogens is 340 g/mol. The van der Waals surface area contributed by atoms with Gasteiger partial charge in [0.15, 0.2) is 0 Å². The number of carbonyl (C=O) groups excluding carboxylic acids is 2. The first-order valence-electron chi connectivity index (χ1n) is 10.1. The second kappa shape index (κ2) is 8.74. The predicted molar refractivity (Wildman–Crippen MR) is 108 cm³/mol. The molecule has 0 radical (unpaired) electrons. The molecule has 148 valence electrons. The average molecular weight is 373 g/mol. The molecule has 2 atom stereocenters. The van der Waals surface area contributed by atoms with Crippen molar-refractivity contribution in [3.63, 3.8) is 0 Å². The minimum Gasteiger partial charge on any atom is -0.372 e. The van der Waals surface area contributed by atoms with Gasteiger partial charge in [-0.15, -0.1) is 0 Å². The van der Waals surface area contributed by atoms with E-state index in [-0.39, 0.29) is 29.9 Å². The molecule has 1 aromatic carbocycles. The van der Waals surface area contributed by atoms with Crippen molar-refractivity contribution in [1.82, 2.24) is 15.5 Å². The smallest absolute Gasteiger partial charge is 0.251 e. The van der Waals surface area contributed by atoms with Crippen LogP contribution in [0.25, 0.3) is 0 Å². The molecule has 3 rings (SSSR count). The highest BCUT2D eigenvalue weighted by Crippen LogP contribution is 2.21. The Morgan fingerprint density at radius 2 is 1.74 bits per heavy atom. The Hall–Kier alpha value is -2.08. The first-order valence-corrected chi connectivity index (χ1v) is 10.1. The van der Waals surface area contributed by atoms with E-state index < -0.39 is 0 Å². The summed E-state index contributed by atoms with van der Waals surface area (Å²) in [6, 6.07) is 7.83.